The molecule has 2 saturated carbocycles. The predicted molar refractivity (Wildman–Crippen MR) is 126 cm³/mol. The largest absolute Gasteiger partial charge is 0.498 e. The maximum absolute atomic E-state index is 13.4. The van der Waals surface area contributed by atoms with Crippen molar-refractivity contribution < 1.29 is 23.8 Å². The van der Waals surface area contributed by atoms with Crippen LogP contribution in [0.25, 0.3) is 0 Å². The van der Waals surface area contributed by atoms with E-state index >= 15 is 0 Å². The Labute approximate surface area is 202 Å². The molecule has 0 radical (unpaired) electrons. The number of carbonyl (C=O) groups is 2. The number of rotatable bonds is 6. The Balaban J connectivity index is 1.57. The molecule has 6 heteroatoms. The predicted octanol–water partition coefficient (Wildman–Crippen LogP) is 5.36. The molecule has 8 atom stereocenters. The number of ketones is 1. The molecule has 0 aromatic rings. The van der Waals surface area contributed by atoms with Crippen molar-refractivity contribution in [3.05, 3.63) is 23.5 Å². The van der Waals surface area contributed by atoms with Crippen LogP contribution in [0.2, 0.25) is 0 Å². The Morgan fingerprint density at radius 1 is 1.24 bits per heavy atom. The van der Waals surface area contributed by atoms with Crippen LogP contribution in [0.3, 0.4) is 0 Å². The van der Waals surface area contributed by atoms with Crippen LogP contribution in [-0.4, -0.2) is 41.5 Å². The lowest BCUT2D eigenvalue weighted by Gasteiger charge is -2.56. The molecule has 4 aliphatic carbocycles. The Morgan fingerprint density at radius 3 is 2.67 bits per heavy atom. The highest BCUT2D eigenvalue weighted by atomic mass is 35.5. The number of alkyl halides is 1. The molecule has 0 unspecified atom stereocenters. The van der Waals surface area contributed by atoms with Gasteiger partial charge in [-0.25, -0.2) is 0 Å². The van der Waals surface area contributed by atoms with Crippen molar-refractivity contribution in [2.45, 2.75) is 90.4 Å². The highest BCUT2D eigenvalue weighted by molar-refractivity contribution is 6.29. The van der Waals surface area contributed by atoms with Gasteiger partial charge in [-0.05, 0) is 56.1 Å². The molecule has 0 aromatic carbocycles. The van der Waals surface area contributed by atoms with E-state index in [4.69, 9.17) is 25.8 Å². The number of esters is 1. The smallest absolute Gasteiger partial charge is 0.306 e. The first-order valence-electron chi connectivity index (χ1n) is 12.7. The van der Waals surface area contributed by atoms with Crippen LogP contribution >= 0.6 is 11.6 Å². The fraction of sp³-hybridized carbons (Fsp3) is 0.778. The first-order chi connectivity index (χ1) is 15.6. The fourth-order valence-electron chi connectivity index (χ4n) is 8.59. The first kappa shape index (κ1) is 23.4. The van der Waals surface area contributed by atoms with Gasteiger partial charge >= 0.3 is 5.97 Å². The van der Waals surface area contributed by atoms with E-state index in [1.165, 1.54) is 5.57 Å². The maximum Gasteiger partial charge on any atom is 0.306 e. The second kappa shape index (κ2) is 7.58. The van der Waals surface area contributed by atoms with Gasteiger partial charge in [0.2, 0.25) is 0 Å². The molecular formula is C27H37ClO5. The summed E-state index contributed by atoms with van der Waals surface area (Å²) in [6, 6.07) is 0. The van der Waals surface area contributed by atoms with Crippen LogP contribution in [0.4, 0.5) is 0 Å². The van der Waals surface area contributed by atoms with Crippen LogP contribution in [0.1, 0.15) is 73.1 Å². The summed E-state index contributed by atoms with van der Waals surface area (Å²) in [6.07, 6.45) is 9.35. The van der Waals surface area contributed by atoms with E-state index in [0.29, 0.717) is 12.5 Å². The zero-order valence-electron chi connectivity index (χ0n) is 20.5. The summed E-state index contributed by atoms with van der Waals surface area (Å²) >= 11 is 6.14. The molecule has 33 heavy (non-hydrogen) atoms. The highest BCUT2D eigenvalue weighted by Crippen LogP contribution is 2.77. The van der Waals surface area contributed by atoms with Crippen molar-refractivity contribution >= 4 is 23.4 Å². The van der Waals surface area contributed by atoms with E-state index in [9.17, 15) is 9.59 Å². The molecule has 3 fully saturated rings. The number of allylic oxidation sites excluding steroid dienone is 3. The fourth-order valence-corrected chi connectivity index (χ4v) is 8.79. The van der Waals surface area contributed by atoms with Crippen LogP contribution in [0, 0.1) is 28.6 Å². The minimum Gasteiger partial charge on any atom is -0.498 e. The third-order valence-corrected chi connectivity index (χ3v) is 10.3. The minimum absolute atomic E-state index is 0.0619. The standard InChI is InChI=1S/C27H37ClO5/c1-6-23(30)33-26(21(29)15-28)16(3)12-20-19-9-8-17-13-18(31-7-2)10-11-24(17,4)27(19)22(32-27)14-25(20,26)5/h8,13,16,19-20,22H,6-7,9-12,14-15H2,1-5H3/t16-,19-,20-,22-,24-,25-,26-,27+/m0/s1. The first-order valence-corrected chi connectivity index (χ1v) is 13.2. The number of carbonyl (C=O) groups excluding carboxylic acids is 2. The van der Waals surface area contributed by atoms with Gasteiger partial charge in [0.15, 0.2) is 11.4 Å². The molecule has 5 aliphatic rings. The van der Waals surface area contributed by atoms with Crippen molar-refractivity contribution in [1.82, 2.24) is 0 Å². The summed E-state index contributed by atoms with van der Waals surface area (Å²) in [6.45, 7) is 11.1. The molecule has 0 aromatic heterocycles. The average molecular weight is 477 g/mol. The van der Waals surface area contributed by atoms with Gasteiger partial charge < -0.3 is 14.2 Å². The molecule has 1 saturated heterocycles. The topological polar surface area (TPSA) is 65.1 Å². The molecule has 1 aliphatic heterocycles. The number of halogens is 1. The zero-order valence-corrected chi connectivity index (χ0v) is 21.3. The quantitative estimate of drug-likeness (QED) is 0.293. The molecule has 0 N–H and O–H groups in total. The lowest BCUT2D eigenvalue weighted by molar-refractivity contribution is -0.190. The van der Waals surface area contributed by atoms with E-state index in [-0.39, 0.29) is 53.0 Å². The van der Waals surface area contributed by atoms with Gasteiger partial charge in [0.05, 0.1) is 24.4 Å². The summed E-state index contributed by atoms with van der Waals surface area (Å²) < 4.78 is 18.7. The SMILES string of the molecule is CCOC1=CC2=CC[C@H]3[C@@H]4C[C@H](C)[C@](OC(=O)CC)(C(=O)CCl)[C@@]4(C)C[C@@H]4O[C@@]43[C@@]2(C)CC1. The number of Topliss-reactive ketones (excluding diaryl/α,β-unsaturated/α-hetero) is 1. The van der Waals surface area contributed by atoms with Gasteiger partial charge in [0, 0.05) is 29.6 Å². The van der Waals surface area contributed by atoms with Crippen molar-refractivity contribution in [3.63, 3.8) is 0 Å². The van der Waals surface area contributed by atoms with Gasteiger partial charge in [0.1, 0.15) is 5.60 Å². The minimum atomic E-state index is -1.18. The zero-order chi connectivity index (χ0) is 23.8. The van der Waals surface area contributed by atoms with E-state index in [0.717, 1.165) is 37.9 Å². The van der Waals surface area contributed by atoms with Crippen LogP contribution in [0.5, 0.6) is 0 Å². The number of hydrogen-bond donors (Lipinski definition) is 0. The van der Waals surface area contributed by atoms with Gasteiger partial charge in [-0.15, -0.1) is 11.6 Å². The molecule has 1 heterocycles. The van der Waals surface area contributed by atoms with Gasteiger partial charge in [-0.3, -0.25) is 9.59 Å². The molecule has 0 bridgehead atoms. The third kappa shape index (κ3) is 2.75. The molecule has 5 rings (SSSR count). The maximum atomic E-state index is 13.4. The van der Waals surface area contributed by atoms with Gasteiger partial charge in [0.25, 0.3) is 0 Å². The van der Waals surface area contributed by atoms with Crippen molar-refractivity contribution in [3.8, 4) is 0 Å². The van der Waals surface area contributed by atoms with E-state index in [2.05, 4.69) is 32.9 Å². The van der Waals surface area contributed by atoms with Gasteiger partial charge in [-0.1, -0.05) is 33.8 Å². The number of epoxide rings is 1. The van der Waals surface area contributed by atoms with Crippen molar-refractivity contribution in [2.75, 3.05) is 12.5 Å². The summed E-state index contributed by atoms with van der Waals surface area (Å²) in [5, 5.41) is 0. The van der Waals surface area contributed by atoms with E-state index < -0.39 is 11.0 Å². The molecule has 1 spiro atoms. The molecule has 182 valence electrons. The number of fused-ring (bicyclic) bond motifs is 3. The summed E-state index contributed by atoms with van der Waals surface area (Å²) in [4.78, 5) is 26.0. The molecule has 5 nitrogen and oxygen atoms in total. The summed E-state index contributed by atoms with van der Waals surface area (Å²) in [5.74, 6) is 0.906. The molecule has 0 amide bonds. The monoisotopic (exact) mass is 476 g/mol. The van der Waals surface area contributed by atoms with Crippen molar-refractivity contribution in [1.29, 1.82) is 0 Å². The number of ether oxygens (including phenoxy) is 3. The second-order valence-electron chi connectivity index (χ2n) is 11.3. The van der Waals surface area contributed by atoms with Crippen LogP contribution in [-0.2, 0) is 23.8 Å². The second-order valence-corrected chi connectivity index (χ2v) is 11.5. The summed E-state index contributed by atoms with van der Waals surface area (Å²) in [5.41, 5.74) is -0.589. The lowest BCUT2D eigenvalue weighted by atomic mass is 9.47. The van der Waals surface area contributed by atoms with E-state index in [1.54, 1.807) is 6.92 Å². The van der Waals surface area contributed by atoms with Crippen LogP contribution in [0.15, 0.2) is 23.5 Å². The Kier molecular flexibility index (Phi) is 5.38. The van der Waals surface area contributed by atoms with Crippen LogP contribution < -0.4 is 0 Å². The Bertz CT molecular complexity index is 941. The van der Waals surface area contributed by atoms with Gasteiger partial charge in [-0.2, -0.15) is 0 Å². The Morgan fingerprint density at radius 2 is 2.00 bits per heavy atom. The average Bonchev–Trinajstić information content (AvgIpc) is 3.47. The lowest BCUT2D eigenvalue weighted by Crippen LogP contribution is -2.63. The Hall–Kier alpha value is -1.33. The third-order valence-electron chi connectivity index (χ3n) is 10.1. The highest BCUT2D eigenvalue weighted by Gasteiger charge is 2.82. The number of hydrogen-bond acceptors (Lipinski definition) is 5. The summed E-state index contributed by atoms with van der Waals surface area (Å²) in [7, 11) is 0. The molecular weight excluding hydrogens is 440 g/mol. The van der Waals surface area contributed by atoms with Crippen molar-refractivity contribution in [2.24, 2.45) is 28.6 Å². The van der Waals surface area contributed by atoms with E-state index in [1.807, 2.05) is 6.92 Å². The normalized spacial score (nSPS) is 47.2.